The Balaban J connectivity index is 2.01. The second-order valence-electron chi connectivity index (χ2n) is 4.64. The first-order valence-electron chi connectivity index (χ1n) is 6.09. The molecule has 0 saturated carbocycles. The summed E-state index contributed by atoms with van der Waals surface area (Å²) in [6.45, 7) is 0. The highest BCUT2D eigenvalue weighted by Gasteiger charge is 2.09. The van der Waals surface area contributed by atoms with E-state index >= 15 is 0 Å². The first-order valence-corrected chi connectivity index (χ1v) is 6.09. The molecule has 2 N–H and O–H groups in total. The maximum atomic E-state index is 13.2. The summed E-state index contributed by atoms with van der Waals surface area (Å²) < 4.78 is 15.2. The molecular weight excluding hydrogens is 241 g/mol. The molecule has 0 aliphatic rings. The summed E-state index contributed by atoms with van der Waals surface area (Å²) in [6.07, 6.45) is 0.701. The standard InChI is InChI=1S/C15H14FN3/c1-19-14-9-11(16)4-7-13(14)18-15(19)8-10-2-5-12(17)6-3-10/h2-7,9H,8,17H2,1H3. The van der Waals surface area contributed by atoms with Crippen molar-refractivity contribution in [1.29, 1.82) is 0 Å². The molecule has 4 heteroatoms. The molecular formula is C15H14FN3. The molecule has 0 saturated heterocycles. The van der Waals surface area contributed by atoms with Gasteiger partial charge in [-0.15, -0.1) is 0 Å². The number of halogens is 1. The van der Waals surface area contributed by atoms with Gasteiger partial charge in [0, 0.05) is 19.2 Å². The van der Waals surface area contributed by atoms with Crippen molar-refractivity contribution in [1.82, 2.24) is 9.55 Å². The molecule has 0 spiro atoms. The van der Waals surface area contributed by atoms with Gasteiger partial charge >= 0.3 is 0 Å². The lowest BCUT2D eigenvalue weighted by Crippen LogP contribution is -1.99. The number of aryl methyl sites for hydroxylation is 1. The lowest BCUT2D eigenvalue weighted by molar-refractivity contribution is 0.628. The van der Waals surface area contributed by atoms with Crippen molar-refractivity contribution in [2.24, 2.45) is 7.05 Å². The highest BCUT2D eigenvalue weighted by atomic mass is 19.1. The largest absolute Gasteiger partial charge is 0.399 e. The lowest BCUT2D eigenvalue weighted by atomic mass is 10.1. The number of nitrogen functional groups attached to an aromatic ring is 1. The molecule has 19 heavy (non-hydrogen) atoms. The van der Waals surface area contributed by atoms with Crippen LogP contribution >= 0.6 is 0 Å². The van der Waals surface area contributed by atoms with Crippen LogP contribution in [-0.4, -0.2) is 9.55 Å². The molecule has 3 nitrogen and oxygen atoms in total. The Morgan fingerprint density at radius 3 is 2.63 bits per heavy atom. The minimum atomic E-state index is -0.241. The van der Waals surface area contributed by atoms with Crippen LogP contribution in [-0.2, 0) is 13.5 Å². The summed E-state index contributed by atoms with van der Waals surface area (Å²) in [5.41, 5.74) is 9.17. The molecule has 3 aromatic rings. The third-order valence-corrected chi connectivity index (χ3v) is 3.28. The normalized spacial score (nSPS) is 11.1. The van der Waals surface area contributed by atoms with Crippen LogP contribution in [0.1, 0.15) is 11.4 Å². The Morgan fingerprint density at radius 2 is 1.89 bits per heavy atom. The molecule has 2 aromatic carbocycles. The number of fused-ring (bicyclic) bond motifs is 1. The predicted octanol–water partition coefficient (Wildman–Crippen LogP) is 2.89. The van der Waals surface area contributed by atoms with E-state index in [2.05, 4.69) is 4.98 Å². The Bertz CT molecular complexity index is 729. The van der Waals surface area contributed by atoms with E-state index in [1.54, 1.807) is 6.07 Å². The van der Waals surface area contributed by atoms with E-state index in [-0.39, 0.29) is 5.82 Å². The second kappa shape index (κ2) is 4.39. The lowest BCUT2D eigenvalue weighted by Gasteiger charge is -2.03. The molecule has 0 unspecified atom stereocenters. The third-order valence-electron chi connectivity index (χ3n) is 3.28. The average molecular weight is 255 g/mol. The van der Waals surface area contributed by atoms with Crippen molar-refractivity contribution in [3.8, 4) is 0 Å². The zero-order valence-electron chi connectivity index (χ0n) is 10.6. The van der Waals surface area contributed by atoms with Crippen molar-refractivity contribution in [2.45, 2.75) is 6.42 Å². The zero-order chi connectivity index (χ0) is 13.4. The molecule has 96 valence electrons. The van der Waals surface area contributed by atoms with E-state index in [0.717, 1.165) is 28.1 Å². The van der Waals surface area contributed by atoms with Crippen LogP contribution in [0.5, 0.6) is 0 Å². The number of benzene rings is 2. The molecule has 0 radical (unpaired) electrons. The van der Waals surface area contributed by atoms with Crippen molar-refractivity contribution in [3.63, 3.8) is 0 Å². The molecule has 0 aliphatic heterocycles. The molecule has 3 rings (SSSR count). The number of anilines is 1. The van der Waals surface area contributed by atoms with Gasteiger partial charge < -0.3 is 10.3 Å². The highest BCUT2D eigenvalue weighted by Crippen LogP contribution is 2.18. The van der Waals surface area contributed by atoms with Crippen molar-refractivity contribution in [3.05, 3.63) is 59.7 Å². The Kier molecular flexibility index (Phi) is 2.71. The van der Waals surface area contributed by atoms with Crippen LogP contribution in [0.2, 0.25) is 0 Å². The fourth-order valence-corrected chi connectivity index (χ4v) is 2.19. The van der Waals surface area contributed by atoms with E-state index in [1.165, 1.54) is 12.1 Å². The SMILES string of the molecule is Cn1c(Cc2ccc(N)cc2)nc2ccc(F)cc21. The highest BCUT2D eigenvalue weighted by molar-refractivity contribution is 5.76. The van der Waals surface area contributed by atoms with Crippen LogP contribution in [0, 0.1) is 5.82 Å². The predicted molar refractivity (Wildman–Crippen MR) is 74.3 cm³/mol. The van der Waals surface area contributed by atoms with Crippen molar-refractivity contribution >= 4 is 16.7 Å². The molecule has 1 aromatic heterocycles. The van der Waals surface area contributed by atoms with Gasteiger partial charge in [0.1, 0.15) is 11.6 Å². The van der Waals surface area contributed by atoms with Crippen LogP contribution in [0.4, 0.5) is 10.1 Å². The van der Waals surface area contributed by atoms with Gasteiger partial charge in [0.25, 0.3) is 0 Å². The molecule has 0 bridgehead atoms. The number of nitrogens with zero attached hydrogens (tertiary/aromatic N) is 2. The Morgan fingerprint density at radius 1 is 1.16 bits per heavy atom. The van der Waals surface area contributed by atoms with Gasteiger partial charge in [-0.1, -0.05) is 12.1 Å². The van der Waals surface area contributed by atoms with Gasteiger partial charge in [-0.2, -0.15) is 0 Å². The maximum absolute atomic E-state index is 13.2. The number of hydrogen-bond donors (Lipinski definition) is 1. The van der Waals surface area contributed by atoms with Gasteiger partial charge in [-0.25, -0.2) is 9.37 Å². The van der Waals surface area contributed by atoms with Gasteiger partial charge in [0.2, 0.25) is 0 Å². The molecule has 1 heterocycles. The van der Waals surface area contributed by atoms with Gasteiger partial charge in [0.05, 0.1) is 11.0 Å². The number of aromatic nitrogens is 2. The van der Waals surface area contributed by atoms with E-state index in [1.807, 2.05) is 35.9 Å². The molecule has 0 aliphatic carbocycles. The van der Waals surface area contributed by atoms with Crippen LogP contribution in [0.3, 0.4) is 0 Å². The topological polar surface area (TPSA) is 43.8 Å². The quantitative estimate of drug-likeness (QED) is 0.715. The van der Waals surface area contributed by atoms with Gasteiger partial charge in [0.15, 0.2) is 0 Å². The van der Waals surface area contributed by atoms with Crippen LogP contribution < -0.4 is 5.73 Å². The Hall–Kier alpha value is -2.36. The summed E-state index contributed by atoms with van der Waals surface area (Å²) in [7, 11) is 1.90. The van der Waals surface area contributed by atoms with Crippen LogP contribution in [0.25, 0.3) is 11.0 Å². The smallest absolute Gasteiger partial charge is 0.125 e. The summed E-state index contributed by atoms with van der Waals surface area (Å²) in [5.74, 6) is 0.667. The van der Waals surface area contributed by atoms with E-state index < -0.39 is 0 Å². The van der Waals surface area contributed by atoms with Crippen molar-refractivity contribution in [2.75, 3.05) is 5.73 Å². The number of hydrogen-bond acceptors (Lipinski definition) is 2. The number of imidazole rings is 1. The van der Waals surface area contributed by atoms with Crippen LogP contribution in [0.15, 0.2) is 42.5 Å². The van der Waals surface area contributed by atoms with E-state index in [4.69, 9.17) is 5.73 Å². The fourth-order valence-electron chi connectivity index (χ4n) is 2.19. The average Bonchev–Trinajstić information content (AvgIpc) is 2.70. The monoisotopic (exact) mass is 255 g/mol. The summed E-state index contributed by atoms with van der Waals surface area (Å²) in [4.78, 5) is 4.54. The summed E-state index contributed by atoms with van der Waals surface area (Å²) in [6, 6.07) is 12.4. The molecule has 0 amide bonds. The van der Waals surface area contributed by atoms with Gasteiger partial charge in [-0.05, 0) is 35.9 Å². The summed E-state index contributed by atoms with van der Waals surface area (Å²) in [5, 5.41) is 0. The van der Waals surface area contributed by atoms with Crippen molar-refractivity contribution < 1.29 is 4.39 Å². The third kappa shape index (κ3) is 2.17. The Labute approximate surface area is 110 Å². The minimum Gasteiger partial charge on any atom is -0.399 e. The number of rotatable bonds is 2. The van der Waals surface area contributed by atoms with E-state index in [9.17, 15) is 4.39 Å². The number of nitrogens with two attached hydrogens (primary N) is 1. The first kappa shape index (κ1) is 11.7. The summed E-state index contributed by atoms with van der Waals surface area (Å²) >= 11 is 0. The van der Waals surface area contributed by atoms with Gasteiger partial charge in [-0.3, -0.25) is 0 Å². The molecule has 0 atom stereocenters. The zero-order valence-corrected chi connectivity index (χ0v) is 10.6. The first-order chi connectivity index (χ1) is 9.13. The molecule has 0 fully saturated rings. The fraction of sp³-hybridized carbons (Fsp3) is 0.133. The maximum Gasteiger partial charge on any atom is 0.125 e. The van der Waals surface area contributed by atoms with E-state index in [0.29, 0.717) is 6.42 Å². The second-order valence-corrected chi connectivity index (χ2v) is 4.64. The minimum absolute atomic E-state index is 0.241.